The molecule has 8 nitrogen and oxygen atoms in total. The second kappa shape index (κ2) is 16.6. The van der Waals surface area contributed by atoms with Gasteiger partial charge in [0, 0.05) is 31.7 Å². The number of hydrogen-bond acceptors (Lipinski definition) is 6. The molecule has 0 aromatic heterocycles. The minimum atomic E-state index is -1.26. The van der Waals surface area contributed by atoms with Gasteiger partial charge in [-0.1, -0.05) is 63.8 Å². The third kappa shape index (κ3) is 9.46. The predicted octanol–water partition coefficient (Wildman–Crippen LogP) is 5.89. The molecule has 0 saturated carbocycles. The van der Waals surface area contributed by atoms with Crippen LogP contribution in [0, 0.1) is 0 Å². The number of methoxy groups -OCH3 is 2. The summed E-state index contributed by atoms with van der Waals surface area (Å²) in [7, 11) is 3.19. The van der Waals surface area contributed by atoms with Crippen LogP contribution in [0.15, 0.2) is 42.5 Å². The normalized spacial score (nSPS) is 12.4. The SMILES string of the molecule is CCCCCCCN(Cc1cccc(OC)c1OC)C(=O)COc1ccc(C[C@](CC)(OCC)C(=O)O)cc1. The Kier molecular flexibility index (Phi) is 13.6. The minimum Gasteiger partial charge on any atom is -0.493 e. The van der Waals surface area contributed by atoms with E-state index in [1.54, 1.807) is 33.3 Å². The number of carbonyl (C=O) groups is 2. The van der Waals surface area contributed by atoms with E-state index in [2.05, 4.69) is 6.92 Å². The second-order valence-corrected chi connectivity index (χ2v) is 9.58. The highest BCUT2D eigenvalue weighted by Crippen LogP contribution is 2.31. The highest BCUT2D eigenvalue weighted by Gasteiger charge is 2.37. The van der Waals surface area contributed by atoms with Gasteiger partial charge in [-0.05, 0) is 43.5 Å². The van der Waals surface area contributed by atoms with Gasteiger partial charge in [-0.3, -0.25) is 4.79 Å². The first-order valence-corrected chi connectivity index (χ1v) is 13.9. The predicted molar refractivity (Wildman–Crippen MR) is 152 cm³/mol. The lowest BCUT2D eigenvalue weighted by Crippen LogP contribution is -2.43. The molecular weight excluding hydrogens is 498 g/mol. The maximum atomic E-state index is 13.3. The van der Waals surface area contributed by atoms with E-state index in [4.69, 9.17) is 18.9 Å². The van der Waals surface area contributed by atoms with Crippen molar-refractivity contribution in [3.05, 3.63) is 53.6 Å². The molecule has 0 saturated heterocycles. The third-order valence-corrected chi connectivity index (χ3v) is 6.89. The van der Waals surface area contributed by atoms with Crippen molar-refractivity contribution in [1.29, 1.82) is 0 Å². The van der Waals surface area contributed by atoms with Crippen LogP contribution in [0.3, 0.4) is 0 Å². The van der Waals surface area contributed by atoms with Crippen molar-refractivity contribution >= 4 is 11.9 Å². The number of hydrogen-bond donors (Lipinski definition) is 1. The Balaban J connectivity index is 2.09. The van der Waals surface area contributed by atoms with Crippen LogP contribution in [0.2, 0.25) is 0 Å². The number of ether oxygens (including phenoxy) is 4. The largest absolute Gasteiger partial charge is 0.493 e. The van der Waals surface area contributed by atoms with Gasteiger partial charge >= 0.3 is 5.97 Å². The molecule has 0 heterocycles. The van der Waals surface area contributed by atoms with Crippen molar-refractivity contribution < 1.29 is 33.6 Å². The van der Waals surface area contributed by atoms with Crippen LogP contribution >= 0.6 is 0 Å². The molecule has 39 heavy (non-hydrogen) atoms. The zero-order valence-electron chi connectivity index (χ0n) is 24.2. The quantitative estimate of drug-likeness (QED) is 0.221. The molecule has 1 atom stereocenters. The summed E-state index contributed by atoms with van der Waals surface area (Å²) >= 11 is 0. The Hall–Kier alpha value is -3.26. The molecule has 0 fully saturated rings. The van der Waals surface area contributed by atoms with Crippen molar-refractivity contribution in [3.63, 3.8) is 0 Å². The van der Waals surface area contributed by atoms with Gasteiger partial charge in [0.1, 0.15) is 5.75 Å². The van der Waals surface area contributed by atoms with E-state index in [1.165, 1.54) is 6.42 Å². The monoisotopic (exact) mass is 543 g/mol. The van der Waals surface area contributed by atoms with E-state index in [-0.39, 0.29) is 18.9 Å². The zero-order valence-corrected chi connectivity index (χ0v) is 24.2. The van der Waals surface area contributed by atoms with Crippen LogP contribution < -0.4 is 14.2 Å². The molecule has 2 rings (SSSR count). The van der Waals surface area contributed by atoms with Crippen LogP contribution in [0.4, 0.5) is 0 Å². The van der Waals surface area contributed by atoms with Gasteiger partial charge in [-0.25, -0.2) is 4.79 Å². The lowest BCUT2D eigenvalue weighted by Gasteiger charge is -2.28. The standard InChI is InChI=1S/C31H45NO7/c1-6-9-10-11-12-20-32(22-25-14-13-15-27(36-4)29(25)37-5)28(33)23-38-26-18-16-24(17-19-26)21-31(7-2,30(34)35)39-8-3/h13-19H,6-12,20-23H2,1-5H3,(H,34,35)/t31-/m0/s1. The first-order valence-electron chi connectivity index (χ1n) is 13.9. The van der Waals surface area contributed by atoms with E-state index in [1.807, 2.05) is 42.2 Å². The summed E-state index contributed by atoms with van der Waals surface area (Å²) in [5.41, 5.74) is 0.437. The molecule has 0 aliphatic heterocycles. The van der Waals surface area contributed by atoms with Crippen molar-refractivity contribution in [3.8, 4) is 17.2 Å². The van der Waals surface area contributed by atoms with Gasteiger partial charge in [0.25, 0.3) is 5.91 Å². The molecule has 0 aliphatic carbocycles. The number of para-hydroxylation sites is 1. The molecule has 1 N–H and O–H groups in total. The first-order chi connectivity index (χ1) is 18.8. The number of carbonyl (C=O) groups excluding carboxylic acids is 1. The molecule has 0 bridgehead atoms. The lowest BCUT2D eigenvalue weighted by molar-refractivity contribution is -0.166. The Bertz CT molecular complexity index is 1020. The Morgan fingerprint density at radius 2 is 1.64 bits per heavy atom. The Labute approximate surface area is 233 Å². The average molecular weight is 544 g/mol. The van der Waals surface area contributed by atoms with Crippen LogP contribution in [-0.2, 0) is 27.3 Å². The van der Waals surface area contributed by atoms with Gasteiger partial charge in [0.05, 0.1) is 14.2 Å². The topological polar surface area (TPSA) is 94.5 Å². The van der Waals surface area contributed by atoms with Gasteiger partial charge < -0.3 is 29.0 Å². The molecule has 216 valence electrons. The molecule has 8 heteroatoms. The van der Waals surface area contributed by atoms with Gasteiger partial charge in [0.15, 0.2) is 23.7 Å². The minimum absolute atomic E-state index is 0.104. The number of benzene rings is 2. The van der Waals surface area contributed by atoms with E-state index >= 15 is 0 Å². The number of nitrogens with zero attached hydrogens (tertiary/aromatic N) is 1. The van der Waals surface area contributed by atoms with E-state index < -0.39 is 11.6 Å². The van der Waals surface area contributed by atoms with Gasteiger partial charge in [-0.2, -0.15) is 0 Å². The molecule has 1 amide bonds. The number of unbranched alkanes of at least 4 members (excludes halogenated alkanes) is 4. The highest BCUT2D eigenvalue weighted by atomic mass is 16.5. The van der Waals surface area contributed by atoms with Crippen molar-refractivity contribution in [2.75, 3.05) is 34.0 Å². The van der Waals surface area contributed by atoms with Crippen LogP contribution in [-0.4, -0.2) is 61.5 Å². The molecule has 2 aromatic carbocycles. The average Bonchev–Trinajstić information content (AvgIpc) is 2.95. The summed E-state index contributed by atoms with van der Waals surface area (Å²) in [5, 5.41) is 9.73. The van der Waals surface area contributed by atoms with Crippen molar-refractivity contribution in [2.24, 2.45) is 0 Å². The van der Waals surface area contributed by atoms with E-state index in [0.29, 0.717) is 43.4 Å². The van der Waals surface area contributed by atoms with Crippen LogP contribution in [0.5, 0.6) is 17.2 Å². The lowest BCUT2D eigenvalue weighted by atomic mass is 9.91. The Morgan fingerprint density at radius 3 is 2.23 bits per heavy atom. The number of amides is 1. The maximum absolute atomic E-state index is 13.3. The summed E-state index contributed by atoms with van der Waals surface area (Å²) in [4.78, 5) is 27.0. The molecule has 0 radical (unpaired) electrons. The summed E-state index contributed by atoms with van der Waals surface area (Å²) in [6, 6.07) is 12.8. The van der Waals surface area contributed by atoms with E-state index in [0.717, 1.165) is 36.8 Å². The van der Waals surface area contributed by atoms with Gasteiger partial charge in [-0.15, -0.1) is 0 Å². The maximum Gasteiger partial charge on any atom is 0.336 e. The fourth-order valence-electron chi connectivity index (χ4n) is 4.59. The Morgan fingerprint density at radius 1 is 0.923 bits per heavy atom. The summed E-state index contributed by atoms with van der Waals surface area (Å²) < 4.78 is 22.5. The summed E-state index contributed by atoms with van der Waals surface area (Å²) in [5.74, 6) is 0.701. The molecular formula is C31H45NO7. The number of rotatable bonds is 19. The number of carboxylic acid groups (broad SMARTS) is 1. The highest BCUT2D eigenvalue weighted by molar-refractivity contribution is 5.78. The summed E-state index contributed by atoms with van der Waals surface area (Å²) in [6.07, 6.45) is 6.08. The smallest absolute Gasteiger partial charge is 0.336 e. The fourth-order valence-corrected chi connectivity index (χ4v) is 4.59. The number of aliphatic carboxylic acids is 1. The molecule has 0 spiro atoms. The number of carboxylic acids is 1. The molecule has 0 aliphatic rings. The first kappa shape index (κ1) is 32.0. The van der Waals surface area contributed by atoms with Crippen LogP contribution in [0.25, 0.3) is 0 Å². The van der Waals surface area contributed by atoms with E-state index in [9.17, 15) is 14.7 Å². The van der Waals surface area contributed by atoms with Crippen molar-refractivity contribution in [1.82, 2.24) is 4.90 Å². The molecule has 2 aromatic rings. The van der Waals surface area contributed by atoms with Crippen LogP contribution in [0.1, 0.15) is 70.4 Å². The van der Waals surface area contributed by atoms with Crippen molar-refractivity contribution in [2.45, 2.75) is 77.9 Å². The fraction of sp³-hybridized carbons (Fsp3) is 0.548. The molecule has 0 unspecified atom stereocenters. The summed E-state index contributed by atoms with van der Waals surface area (Å²) in [6.45, 7) is 7.01. The second-order valence-electron chi connectivity index (χ2n) is 9.58. The van der Waals surface area contributed by atoms with Gasteiger partial charge in [0.2, 0.25) is 0 Å². The zero-order chi connectivity index (χ0) is 28.7. The third-order valence-electron chi connectivity index (χ3n) is 6.89.